The number of hydrogen-bond donors (Lipinski definition) is 2. The highest BCUT2D eigenvalue weighted by molar-refractivity contribution is 14.0. The molecule has 0 saturated carbocycles. The van der Waals surface area contributed by atoms with Gasteiger partial charge in [0.2, 0.25) is 0 Å². The van der Waals surface area contributed by atoms with Crippen molar-refractivity contribution >= 4 is 29.9 Å². The number of hydrogen-bond acceptors (Lipinski definition) is 4. The molecule has 0 aliphatic carbocycles. The number of rotatable bonds is 6. The maximum atomic E-state index is 5.34. The second-order valence-electron chi connectivity index (χ2n) is 6.58. The summed E-state index contributed by atoms with van der Waals surface area (Å²) in [6, 6.07) is 2.01. The lowest BCUT2D eigenvalue weighted by atomic mass is 9.98. The van der Waals surface area contributed by atoms with E-state index in [0.717, 1.165) is 30.5 Å². The molecule has 1 aromatic heterocycles. The molecule has 7 heteroatoms. The SMILES string of the molecule is CCN1CCCC(CNC(=NC)NCc2cc(C(C)C)no2)C1.I. The summed E-state index contributed by atoms with van der Waals surface area (Å²) in [7, 11) is 1.80. The average Bonchev–Trinajstić information content (AvgIpc) is 3.04. The third-order valence-electron chi connectivity index (χ3n) is 4.43. The summed E-state index contributed by atoms with van der Waals surface area (Å²) in [6.45, 7) is 11.6. The number of guanidine groups is 1. The van der Waals surface area contributed by atoms with E-state index >= 15 is 0 Å². The monoisotopic (exact) mass is 449 g/mol. The Morgan fingerprint density at radius 2 is 2.25 bits per heavy atom. The highest BCUT2D eigenvalue weighted by atomic mass is 127. The molecular formula is C17H32IN5O. The van der Waals surface area contributed by atoms with Gasteiger partial charge in [0.1, 0.15) is 0 Å². The minimum absolute atomic E-state index is 0. The molecule has 1 atom stereocenters. The lowest BCUT2D eigenvalue weighted by Gasteiger charge is -2.32. The molecular weight excluding hydrogens is 417 g/mol. The van der Waals surface area contributed by atoms with Crippen molar-refractivity contribution in [2.75, 3.05) is 33.2 Å². The van der Waals surface area contributed by atoms with Crippen LogP contribution in [-0.2, 0) is 6.54 Å². The fourth-order valence-electron chi connectivity index (χ4n) is 2.92. The average molecular weight is 449 g/mol. The van der Waals surface area contributed by atoms with Crippen LogP contribution in [-0.4, -0.2) is 49.2 Å². The number of nitrogens with one attached hydrogen (secondary N) is 2. The van der Waals surface area contributed by atoms with E-state index in [1.54, 1.807) is 7.05 Å². The van der Waals surface area contributed by atoms with Crippen LogP contribution in [0.15, 0.2) is 15.6 Å². The zero-order chi connectivity index (χ0) is 16.7. The van der Waals surface area contributed by atoms with Crippen LogP contribution in [0.25, 0.3) is 0 Å². The Balaban J connectivity index is 0.00000288. The van der Waals surface area contributed by atoms with Gasteiger partial charge in [0.25, 0.3) is 0 Å². The molecule has 1 saturated heterocycles. The number of halogens is 1. The fourth-order valence-corrected chi connectivity index (χ4v) is 2.92. The van der Waals surface area contributed by atoms with E-state index in [2.05, 4.69) is 46.5 Å². The van der Waals surface area contributed by atoms with Crippen molar-refractivity contribution < 1.29 is 4.52 Å². The van der Waals surface area contributed by atoms with Crippen LogP contribution in [0.4, 0.5) is 0 Å². The summed E-state index contributed by atoms with van der Waals surface area (Å²) < 4.78 is 5.34. The van der Waals surface area contributed by atoms with E-state index in [9.17, 15) is 0 Å². The molecule has 0 bridgehead atoms. The highest BCUT2D eigenvalue weighted by Crippen LogP contribution is 2.15. The maximum Gasteiger partial charge on any atom is 0.191 e. The number of aliphatic imine (C=N–C) groups is 1. The van der Waals surface area contributed by atoms with Crippen molar-refractivity contribution in [2.24, 2.45) is 10.9 Å². The first-order valence-corrected chi connectivity index (χ1v) is 8.74. The van der Waals surface area contributed by atoms with Crippen molar-refractivity contribution in [3.8, 4) is 0 Å². The minimum Gasteiger partial charge on any atom is -0.359 e. The van der Waals surface area contributed by atoms with Gasteiger partial charge in [-0.15, -0.1) is 24.0 Å². The van der Waals surface area contributed by atoms with E-state index in [4.69, 9.17) is 4.52 Å². The zero-order valence-electron chi connectivity index (χ0n) is 15.3. The van der Waals surface area contributed by atoms with Gasteiger partial charge in [-0.3, -0.25) is 4.99 Å². The second-order valence-corrected chi connectivity index (χ2v) is 6.58. The van der Waals surface area contributed by atoms with Crippen LogP contribution in [0.5, 0.6) is 0 Å². The minimum atomic E-state index is 0. The quantitative estimate of drug-likeness (QED) is 0.397. The molecule has 1 unspecified atom stereocenters. The Bertz CT molecular complexity index is 503. The summed E-state index contributed by atoms with van der Waals surface area (Å²) >= 11 is 0. The molecule has 2 rings (SSSR count). The van der Waals surface area contributed by atoms with Crippen LogP contribution in [0.3, 0.4) is 0 Å². The van der Waals surface area contributed by atoms with E-state index in [0.29, 0.717) is 18.4 Å². The molecule has 1 aromatic rings. The molecule has 2 N–H and O–H groups in total. The molecule has 2 heterocycles. The van der Waals surface area contributed by atoms with Crippen molar-refractivity contribution in [1.29, 1.82) is 0 Å². The van der Waals surface area contributed by atoms with E-state index in [1.807, 2.05) is 6.07 Å². The molecule has 24 heavy (non-hydrogen) atoms. The van der Waals surface area contributed by atoms with Gasteiger partial charge in [0.05, 0.1) is 12.2 Å². The predicted molar refractivity (Wildman–Crippen MR) is 109 cm³/mol. The Hall–Kier alpha value is -0.830. The van der Waals surface area contributed by atoms with Crippen molar-refractivity contribution in [3.63, 3.8) is 0 Å². The van der Waals surface area contributed by atoms with E-state index in [-0.39, 0.29) is 24.0 Å². The Morgan fingerprint density at radius 3 is 2.88 bits per heavy atom. The van der Waals surface area contributed by atoms with Crippen molar-refractivity contribution in [2.45, 2.75) is 46.1 Å². The Morgan fingerprint density at radius 1 is 1.46 bits per heavy atom. The third-order valence-corrected chi connectivity index (χ3v) is 4.43. The van der Waals surface area contributed by atoms with Crippen LogP contribution < -0.4 is 10.6 Å². The van der Waals surface area contributed by atoms with Crippen molar-refractivity contribution in [1.82, 2.24) is 20.7 Å². The second kappa shape index (κ2) is 10.9. The predicted octanol–water partition coefficient (Wildman–Crippen LogP) is 2.81. The van der Waals surface area contributed by atoms with Gasteiger partial charge in [-0.05, 0) is 37.8 Å². The van der Waals surface area contributed by atoms with Gasteiger partial charge in [-0.1, -0.05) is 25.9 Å². The smallest absolute Gasteiger partial charge is 0.191 e. The van der Waals surface area contributed by atoms with Crippen LogP contribution in [0.2, 0.25) is 0 Å². The zero-order valence-corrected chi connectivity index (χ0v) is 17.7. The molecule has 1 aliphatic heterocycles. The molecule has 6 nitrogen and oxygen atoms in total. The first kappa shape index (κ1) is 21.2. The third kappa shape index (κ3) is 6.58. The fraction of sp³-hybridized carbons (Fsp3) is 0.765. The normalized spacial score (nSPS) is 19.2. The number of likely N-dealkylation sites (tertiary alicyclic amines) is 1. The summed E-state index contributed by atoms with van der Waals surface area (Å²) in [6.07, 6.45) is 2.59. The topological polar surface area (TPSA) is 65.7 Å². The molecule has 0 amide bonds. The van der Waals surface area contributed by atoms with Crippen molar-refractivity contribution in [3.05, 3.63) is 17.5 Å². The maximum absolute atomic E-state index is 5.34. The first-order chi connectivity index (χ1) is 11.1. The van der Waals surface area contributed by atoms with Gasteiger partial charge in [0.15, 0.2) is 11.7 Å². The van der Waals surface area contributed by atoms with Crippen LogP contribution in [0, 0.1) is 5.92 Å². The van der Waals surface area contributed by atoms with Gasteiger partial charge in [-0.2, -0.15) is 0 Å². The molecule has 1 aliphatic rings. The standard InChI is InChI=1S/C17H31N5O.HI/c1-5-22-8-6-7-14(12-22)10-19-17(18-4)20-11-15-9-16(13(2)3)21-23-15;/h9,13-14H,5-8,10-12H2,1-4H3,(H2,18,19,20);1H. The highest BCUT2D eigenvalue weighted by Gasteiger charge is 2.18. The van der Waals surface area contributed by atoms with Gasteiger partial charge in [0, 0.05) is 26.2 Å². The summed E-state index contributed by atoms with van der Waals surface area (Å²) in [5.41, 5.74) is 0.992. The molecule has 0 radical (unpaired) electrons. The number of aromatic nitrogens is 1. The van der Waals surface area contributed by atoms with Gasteiger partial charge >= 0.3 is 0 Å². The first-order valence-electron chi connectivity index (χ1n) is 8.74. The summed E-state index contributed by atoms with van der Waals surface area (Å²) in [4.78, 5) is 6.81. The van der Waals surface area contributed by atoms with Crippen LogP contribution >= 0.6 is 24.0 Å². The molecule has 0 aromatic carbocycles. The van der Waals surface area contributed by atoms with E-state index < -0.39 is 0 Å². The largest absolute Gasteiger partial charge is 0.359 e. The summed E-state index contributed by atoms with van der Waals surface area (Å²) in [5.74, 6) is 2.74. The Kier molecular flexibility index (Phi) is 9.65. The van der Waals surface area contributed by atoms with Gasteiger partial charge < -0.3 is 20.1 Å². The lowest BCUT2D eigenvalue weighted by molar-refractivity contribution is 0.183. The van der Waals surface area contributed by atoms with E-state index in [1.165, 1.54) is 25.9 Å². The molecule has 138 valence electrons. The Labute approximate surface area is 162 Å². The number of piperidine rings is 1. The van der Waals surface area contributed by atoms with Gasteiger partial charge in [-0.25, -0.2) is 0 Å². The number of nitrogens with zero attached hydrogens (tertiary/aromatic N) is 3. The lowest BCUT2D eigenvalue weighted by Crippen LogP contribution is -2.44. The molecule has 1 fully saturated rings. The van der Waals surface area contributed by atoms with Crippen LogP contribution in [0.1, 0.15) is 51.0 Å². The molecule has 0 spiro atoms. The summed E-state index contributed by atoms with van der Waals surface area (Å²) in [5, 5.41) is 10.8.